The van der Waals surface area contributed by atoms with Gasteiger partial charge in [0.15, 0.2) is 5.82 Å². The Morgan fingerprint density at radius 3 is 2.82 bits per heavy atom. The van der Waals surface area contributed by atoms with Gasteiger partial charge < -0.3 is 16.0 Å². The van der Waals surface area contributed by atoms with E-state index in [0.717, 1.165) is 29.1 Å². The first kappa shape index (κ1) is 23.3. The highest BCUT2D eigenvalue weighted by Gasteiger charge is 2.11. The molecule has 0 fully saturated rings. The first-order valence-corrected chi connectivity index (χ1v) is 13.1. The highest BCUT2D eigenvalue weighted by atomic mass is 32.2. The van der Waals surface area contributed by atoms with Crippen LogP contribution in [0.2, 0.25) is 0 Å². The third-order valence-corrected chi connectivity index (χ3v) is 7.15. The fourth-order valence-corrected chi connectivity index (χ4v) is 5.00. The minimum atomic E-state index is -1.26. The molecule has 5 N–H and O–H groups in total. The van der Waals surface area contributed by atoms with Crippen molar-refractivity contribution in [2.24, 2.45) is 0 Å². The van der Waals surface area contributed by atoms with E-state index in [2.05, 4.69) is 35.4 Å². The summed E-state index contributed by atoms with van der Waals surface area (Å²) in [6.07, 6.45) is 3.31. The molecule has 1 aromatic heterocycles. The normalized spacial score (nSPS) is 16.8. The van der Waals surface area contributed by atoms with Gasteiger partial charge in [-0.2, -0.15) is 4.98 Å². The van der Waals surface area contributed by atoms with Gasteiger partial charge in [0.1, 0.15) is 22.0 Å². The van der Waals surface area contributed by atoms with E-state index in [9.17, 15) is 8.42 Å². The summed E-state index contributed by atoms with van der Waals surface area (Å²) in [6.45, 7) is 2.57. The number of anilines is 4. The topological polar surface area (TPSA) is 120 Å². The van der Waals surface area contributed by atoms with Crippen molar-refractivity contribution in [3.05, 3.63) is 60.8 Å². The van der Waals surface area contributed by atoms with Gasteiger partial charge in [-0.3, -0.25) is 0 Å². The molecule has 1 aliphatic rings. The predicted molar refractivity (Wildman–Crippen MR) is 133 cm³/mol. The molecule has 2 heterocycles. The summed E-state index contributed by atoms with van der Waals surface area (Å²) in [5, 5.41) is 9.87. The van der Waals surface area contributed by atoms with Crippen LogP contribution in [0.1, 0.15) is 12.8 Å². The highest BCUT2D eigenvalue weighted by Crippen LogP contribution is 2.23. The molecule has 0 spiro atoms. The maximum absolute atomic E-state index is 12.4. The summed E-state index contributed by atoms with van der Waals surface area (Å²) in [5.74, 6) is 1.16. The zero-order valence-electron chi connectivity index (χ0n) is 18.0. The van der Waals surface area contributed by atoms with Gasteiger partial charge in [0, 0.05) is 31.9 Å². The zero-order chi connectivity index (χ0) is 22.9. The van der Waals surface area contributed by atoms with Crippen LogP contribution in [0.25, 0.3) is 0 Å². The molecule has 3 aromatic rings. The standard InChI is InChI=1S/C22H27N7O2S2/c30-32(18-8-2-1-3-9-18)26-13-5-11-23-20-16-25-22-28-17-7-4-10-19(15-17)33(31)27-14-6-12-24-21(20)29-22/h1-4,7-10,15-16,23,26-27H,5-6,11-14H2,(H2,24,25,28,29). The summed E-state index contributed by atoms with van der Waals surface area (Å²) in [6, 6.07) is 16.7. The first-order valence-electron chi connectivity index (χ1n) is 10.8. The second-order valence-electron chi connectivity index (χ2n) is 7.31. The smallest absolute Gasteiger partial charge is 0.229 e. The van der Waals surface area contributed by atoms with E-state index in [0.29, 0.717) is 42.8 Å². The largest absolute Gasteiger partial charge is 0.381 e. The van der Waals surface area contributed by atoms with Crippen molar-refractivity contribution in [1.82, 2.24) is 19.4 Å². The van der Waals surface area contributed by atoms with E-state index in [1.54, 1.807) is 6.20 Å². The molecule has 0 amide bonds. The predicted octanol–water partition coefficient (Wildman–Crippen LogP) is 2.76. The van der Waals surface area contributed by atoms with Gasteiger partial charge >= 0.3 is 0 Å². The second-order valence-corrected chi connectivity index (χ2v) is 9.90. The number of hydrogen-bond donors (Lipinski definition) is 5. The lowest BCUT2D eigenvalue weighted by atomic mass is 10.3. The molecule has 2 unspecified atom stereocenters. The fourth-order valence-electron chi connectivity index (χ4n) is 3.17. The Kier molecular flexibility index (Phi) is 8.36. The molecule has 11 heteroatoms. The van der Waals surface area contributed by atoms with E-state index in [-0.39, 0.29) is 0 Å². The average Bonchev–Trinajstić information content (AvgIpc) is 2.85. The summed E-state index contributed by atoms with van der Waals surface area (Å²) in [4.78, 5) is 10.5. The van der Waals surface area contributed by atoms with Crippen LogP contribution in [0.4, 0.5) is 23.1 Å². The molecule has 9 nitrogen and oxygen atoms in total. The SMILES string of the molecule is O=S(NCCCNc1cnc2nc1NCCCNS(=O)c1cccc(c1)N2)c1ccccc1. The monoisotopic (exact) mass is 485 g/mol. The van der Waals surface area contributed by atoms with Crippen molar-refractivity contribution < 1.29 is 8.42 Å². The van der Waals surface area contributed by atoms with Crippen molar-refractivity contribution in [3.63, 3.8) is 0 Å². The molecule has 0 aliphatic carbocycles. The number of rotatable bonds is 7. The molecule has 4 bridgehead atoms. The molecule has 2 atom stereocenters. The minimum absolute atomic E-state index is 0.457. The number of hydrogen-bond acceptors (Lipinski definition) is 7. The van der Waals surface area contributed by atoms with E-state index in [1.165, 1.54) is 0 Å². The molecule has 0 saturated carbocycles. The number of benzene rings is 2. The molecule has 0 radical (unpaired) electrons. The molecule has 2 aromatic carbocycles. The molecule has 1 aliphatic heterocycles. The molecular weight excluding hydrogens is 458 g/mol. The van der Waals surface area contributed by atoms with Crippen molar-refractivity contribution >= 4 is 45.1 Å². The Hall–Kier alpha value is -2.86. The van der Waals surface area contributed by atoms with E-state index in [4.69, 9.17) is 0 Å². The summed E-state index contributed by atoms with van der Waals surface area (Å²) < 4.78 is 30.7. The Morgan fingerprint density at radius 2 is 1.94 bits per heavy atom. The van der Waals surface area contributed by atoms with Gasteiger partial charge in [-0.25, -0.2) is 22.8 Å². The first-order chi connectivity index (χ1) is 16.2. The lowest BCUT2D eigenvalue weighted by Gasteiger charge is -2.14. The number of nitrogens with one attached hydrogen (secondary N) is 5. The number of aromatic nitrogens is 2. The van der Waals surface area contributed by atoms with Gasteiger partial charge in [-0.1, -0.05) is 24.3 Å². The quantitative estimate of drug-likeness (QED) is 0.326. The maximum Gasteiger partial charge on any atom is 0.229 e. The van der Waals surface area contributed by atoms with Gasteiger partial charge in [0.25, 0.3) is 0 Å². The Labute approximate surface area is 198 Å². The second kappa shape index (κ2) is 11.8. The van der Waals surface area contributed by atoms with Crippen LogP contribution in [-0.2, 0) is 22.0 Å². The van der Waals surface area contributed by atoms with E-state index < -0.39 is 22.0 Å². The summed E-state index contributed by atoms with van der Waals surface area (Å²) in [5.41, 5.74) is 1.57. The highest BCUT2D eigenvalue weighted by molar-refractivity contribution is 7.83. The van der Waals surface area contributed by atoms with Crippen LogP contribution in [-0.4, -0.2) is 44.6 Å². The molecule has 0 saturated heterocycles. The average molecular weight is 486 g/mol. The molecule has 174 valence electrons. The van der Waals surface area contributed by atoms with Gasteiger partial charge in [0.2, 0.25) is 5.95 Å². The van der Waals surface area contributed by atoms with Crippen LogP contribution in [0.5, 0.6) is 0 Å². The van der Waals surface area contributed by atoms with E-state index >= 15 is 0 Å². The summed E-state index contributed by atoms with van der Waals surface area (Å²) >= 11 is 0. The molecular formula is C22H27N7O2S2. The third-order valence-electron chi connectivity index (χ3n) is 4.83. The number of nitrogens with zero attached hydrogens (tertiary/aromatic N) is 2. The van der Waals surface area contributed by atoms with Crippen LogP contribution >= 0.6 is 0 Å². The Balaban J connectivity index is 1.36. The van der Waals surface area contributed by atoms with Crippen LogP contribution in [0.3, 0.4) is 0 Å². The van der Waals surface area contributed by atoms with Gasteiger partial charge in [-0.15, -0.1) is 0 Å². The van der Waals surface area contributed by atoms with Gasteiger partial charge in [-0.05, 0) is 43.2 Å². The minimum Gasteiger partial charge on any atom is -0.381 e. The Bertz CT molecular complexity index is 1110. The van der Waals surface area contributed by atoms with E-state index in [1.807, 2.05) is 54.6 Å². The van der Waals surface area contributed by atoms with Crippen molar-refractivity contribution in [2.75, 3.05) is 42.1 Å². The Morgan fingerprint density at radius 1 is 1.06 bits per heavy atom. The van der Waals surface area contributed by atoms with Crippen molar-refractivity contribution in [1.29, 1.82) is 0 Å². The summed E-state index contributed by atoms with van der Waals surface area (Å²) in [7, 11) is -2.48. The number of fused-ring (bicyclic) bond motifs is 4. The fraction of sp³-hybridized carbons (Fsp3) is 0.273. The lowest BCUT2D eigenvalue weighted by molar-refractivity contribution is 0.668. The zero-order valence-corrected chi connectivity index (χ0v) is 19.7. The lowest BCUT2D eigenvalue weighted by Crippen LogP contribution is -2.21. The molecule has 4 rings (SSSR count). The van der Waals surface area contributed by atoms with Crippen LogP contribution in [0.15, 0.2) is 70.6 Å². The molecule has 33 heavy (non-hydrogen) atoms. The van der Waals surface area contributed by atoms with Crippen molar-refractivity contribution in [2.45, 2.75) is 22.6 Å². The van der Waals surface area contributed by atoms with Crippen molar-refractivity contribution in [3.8, 4) is 0 Å². The van der Waals surface area contributed by atoms with Gasteiger partial charge in [0.05, 0.1) is 21.7 Å². The maximum atomic E-state index is 12.4. The van der Waals surface area contributed by atoms with Crippen LogP contribution < -0.4 is 25.4 Å². The van der Waals surface area contributed by atoms with Crippen LogP contribution in [0, 0.1) is 0 Å². The third kappa shape index (κ3) is 6.81.